The number of hydrogen-bond donors (Lipinski definition) is 1. The fraction of sp³-hybridized carbons (Fsp3) is 0.192. The molecule has 0 aliphatic rings. The molecule has 174 valence electrons. The summed E-state index contributed by atoms with van der Waals surface area (Å²) in [6.45, 7) is 3.75. The number of halogens is 1. The van der Waals surface area contributed by atoms with Crippen LogP contribution in [-0.2, 0) is 5.75 Å². The number of rotatable bonds is 7. The molecule has 0 bridgehead atoms. The average molecular weight is 478 g/mol. The highest BCUT2D eigenvalue weighted by molar-refractivity contribution is 7.98. The highest BCUT2D eigenvalue weighted by Gasteiger charge is 2.17. The van der Waals surface area contributed by atoms with E-state index in [2.05, 4.69) is 5.32 Å². The van der Waals surface area contributed by atoms with Gasteiger partial charge in [0.2, 0.25) is 0 Å². The lowest BCUT2D eigenvalue weighted by Crippen LogP contribution is -2.30. The number of aromatic nitrogens is 2. The maximum atomic E-state index is 14.2. The summed E-state index contributed by atoms with van der Waals surface area (Å²) in [6.07, 6.45) is 0. The van der Waals surface area contributed by atoms with Crippen LogP contribution in [0.25, 0.3) is 16.6 Å². The molecule has 1 N–H and O–H groups in total. The van der Waals surface area contributed by atoms with Crippen LogP contribution in [0, 0.1) is 5.82 Å². The predicted octanol–water partition coefficient (Wildman–Crippen LogP) is 4.96. The molecular weight excluding hydrogens is 453 g/mol. The van der Waals surface area contributed by atoms with E-state index in [1.807, 2.05) is 13.8 Å². The zero-order valence-electron chi connectivity index (χ0n) is 19.0. The Balaban J connectivity index is 1.85. The second kappa shape index (κ2) is 10.1. The Morgan fingerprint density at radius 1 is 1.12 bits per heavy atom. The Morgan fingerprint density at radius 3 is 2.65 bits per heavy atom. The Bertz CT molecular complexity index is 1420. The number of ether oxygens (including phenoxy) is 1. The molecule has 0 aliphatic heterocycles. The highest BCUT2D eigenvalue weighted by atomic mass is 32.2. The molecule has 0 spiro atoms. The van der Waals surface area contributed by atoms with Crippen molar-refractivity contribution in [2.75, 3.05) is 7.11 Å². The molecule has 1 amide bonds. The van der Waals surface area contributed by atoms with Crippen molar-refractivity contribution in [2.24, 2.45) is 0 Å². The van der Waals surface area contributed by atoms with Gasteiger partial charge >= 0.3 is 0 Å². The van der Waals surface area contributed by atoms with E-state index in [-0.39, 0.29) is 29.1 Å². The lowest BCUT2D eigenvalue weighted by molar-refractivity contribution is 0.0943. The topological polar surface area (TPSA) is 73.2 Å². The van der Waals surface area contributed by atoms with Gasteiger partial charge in [-0.15, -0.1) is 0 Å². The molecule has 6 nitrogen and oxygen atoms in total. The minimum Gasteiger partial charge on any atom is -0.497 e. The first-order valence-electron chi connectivity index (χ1n) is 10.8. The molecule has 3 aromatic carbocycles. The number of fused-ring (bicyclic) bond motifs is 1. The lowest BCUT2D eigenvalue weighted by atomic mass is 10.1. The highest BCUT2D eigenvalue weighted by Crippen LogP contribution is 2.27. The van der Waals surface area contributed by atoms with Gasteiger partial charge in [0.1, 0.15) is 11.6 Å². The van der Waals surface area contributed by atoms with E-state index in [1.165, 1.54) is 22.4 Å². The summed E-state index contributed by atoms with van der Waals surface area (Å²) in [4.78, 5) is 30.8. The summed E-state index contributed by atoms with van der Waals surface area (Å²) in [6, 6.07) is 18.4. The van der Waals surface area contributed by atoms with Gasteiger partial charge in [0, 0.05) is 23.4 Å². The zero-order chi connectivity index (χ0) is 24.2. The lowest BCUT2D eigenvalue weighted by Gasteiger charge is -2.15. The van der Waals surface area contributed by atoms with Crippen LogP contribution in [0.1, 0.15) is 29.8 Å². The van der Waals surface area contributed by atoms with Crippen molar-refractivity contribution >= 4 is 28.6 Å². The molecule has 0 fully saturated rings. The first kappa shape index (κ1) is 23.5. The summed E-state index contributed by atoms with van der Waals surface area (Å²) in [7, 11) is 1.55. The smallest absolute Gasteiger partial charge is 0.266 e. The van der Waals surface area contributed by atoms with E-state index >= 15 is 0 Å². The fourth-order valence-corrected chi connectivity index (χ4v) is 4.48. The Labute approximate surface area is 200 Å². The molecule has 0 aliphatic carbocycles. The van der Waals surface area contributed by atoms with Gasteiger partial charge in [0.05, 0.1) is 23.7 Å². The van der Waals surface area contributed by atoms with Crippen LogP contribution in [0.5, 0.6) is 5.75 Å². The normalized spacial score (nSPS) is 11.1. The molecule has 1 aromatic heterocycles. The molecule has 34 heavy (non-hydrogen) atoms. The number of amides is 1. The fourth-order valence-electron chi connectivity index (χ4n) is 3.48. The van der Waals surface area contributed by atoms with Gasteiger partial charge in [0.15, 0.2) is 5.16 Å². The van der Waals surface area contributed by atoms with Crippen molar-refractivity contribution in [3.05, 3.63) is 94.0 Å². The van der Waals surface area contributed by atoms with Crippen LogP contribution < -0.4 is 15.6 Å². The Kier molecular flexibility index (Phi) is 6.98. The molecule has 4 aromatic rings. The second-order valence-electron chi connectivity index (χ2n) is 7.98. The van der Waals surface area contributed by atoms with Crippen LogP contribution in [-0.4, -0.2) is 28.6 Å². The van der Waals surface area contributed by atoms with Crippen molar-refractivity contribution in [3.63, 3.8) is 0 Å². The van der Waals surface area contributed by atoms with E-state index in [4.69, 9.17) is 9.72 Å². The third-order valence-electron chi connectivity index (χ3n) is 5.15. The van der Waals surface area contributed by atoms with Gasteiger partial charge in [0.25, 0.3) is 11.5 Å². The largest absolute Gasteiger partial charge is 0.497 e. The summed E-state index contributed by atoms with van der Waals surface area (Å²) in [5.74, 6) is 0.312. The number of carbonyl (C=O) groups is 1. The minimum absolute atomic E-state index is 0.0240. The minimum atomic E-state index is -0.321. The number of nitrogens with one attached hydrogen (secondary N) is 1. The third kappa shape index (κ3) is 4.97. The molecule has 0 saturated carbocycles. The Hall–Kier alpha value is -3.65. The number of methoxy groups -OCH3 is 1. The van der Waals surface area contributed by atoms with Crippen LogP contribution >= 0.6 is 11.8 Å². The summed E-state index contributed by atoms with van der Waals surface area (Å²) >= 11 is 1.25. The molecule has 0 unspecified atom stereocenters. The maximum Gasteiger partial charge on any atom is 0.266 e. The van der Waals surface area contributed by atoms with E-state index in [1.54, 1.807) is 67.8 Å². The van der Waals surface area contributed by atoms with Gasteiger partial charge in [-0.2, -0.15) is 0 Å². The quantitative estimate of drug-likeness (QED) is 0.301. The first-order chi connectivity index (χ1) is 16.4. The SMILES string of the molecule is COc1cccc(-n2c(SCc3ccccc3F)nc3cc(C(=O)NC(C)C)ccc3c2=O)c1. The van der Waals surface area contributed by atoms with Gasteiger partial charge in [-0.1, -0.05) is 36.0 Å². The number of benzene rings is 3. The van der Waals surface area contributed by atoms with Crippen LogP contribution in [0.4, 0.5) is 4.39 Å². The van der Waals surface area contributed by atoms with Gasteiger partial charge in [-0.25, -0.2) is 9.37 Å². The number of thioether (sulfide) groups is 1. The van der Waals surface area contributed by atoms with Crippen LogP contribution in [0.15, 0.2) is 76.7 Å². The molecule has 8 heteroatoms. The molecular formula is C26H24FN3O3S. The average Bonchev–Trinajstić information content (AvgIpc) is 2.83. The van der Waals surface area contributed by atoms with E-state index < -0.39 is 0 Å². The van der Waals surface area contributed by atoms with Crippen molar-refractivity contribution in [1.82, 2.24) is 14.9 Å². The van der Waals surface area contributed by atoms with Crippen molar-refractivity contribution in [1.29, 1.82) is 0 Å². The maximum absolute atomic E-state index is 14.2. The van der Waals surface area contributed by atoms with Crippen LogP contribution in [0.3, 0.4) is 0 Å². The van der Waals surface area contributed by atoms with E-state index in [0.29, 0.717) is 38.6 Å². The van der Waals surface area contributed by atoms with Crippen molar-refractivity contribution < 1.29 is 13.9 Å². The number of hydrogen-bond acceptors (Lipinski definition) is 5. The van der Waals surface area contributed by atoms with Crippen molar-refractivity contribution in [3.8, 4) is 11.4 Å². The third-order valence-corrected chi connectivity index (χ3v) is 6.13. The molecule has 0 atom stereocenters. The van der Waals surface area contributed by atoms with Gasteiger partial charge in [-0.05, 0) is 55.8 Å². The standard InChI is InChI=1S/C26H24FN3O3S/c1-16(2)28-24(31)17-11-12-21-23(13-17)29-26(34-15-18-7-4-5-10-22(18)27)30(25(21)32)19-8-6-9-20(14-19)33-3/h4-14,16H,15H2,1-3H3,(H,28,31). The first-order valence-corrected chi connectivity index (χ1v) is 11.7. The van der Waals surface area contributed by atoms with Gasteiger partial charge < -0.3 is 10.1 Å². The van der Waals surface area contributed by atoms with Crippen molar-refractivity contribution in [2.45, 2.75) is 30.8 Å². The molecule has 4 rings (SSSR count). The zero-order valence-corrected chi connectivity index (χ0v) is 19.9. The Morgan fingerprint density at radius 2 is 1.91 bits per heavy atom. The monoisotopic (exact) mass is 477 g/mol. The number of carbonyl (C=O) groups excluding carboxylic acids is 1. The predicted molar refractivity (Wildman–Crippen MR) is 132 cm³/mol. The molecule has 0 radical (unpaired) electrons. The van der Waals surface area contributed by atoms with Crippen LogP contribution in [0.2, 0.25) is 0 Å². The van der Waals surface area contributed by atoms with E-state index in [0.717, 1.165) is 0 Å². The summed E-state index contributed by atoms with van der Waals surface area (Å²) < 4.78 is 21.0. The number of nitrogens with zero attached hydrogens (tertiary/aromatic N) is 2. The van der Waals surface area contributed by atoms with E-state index in [9.17, 15) is 14.0 Å². The second-order valence-corrected chi connectivity index (χ2v) is 8.92. The summed E-state index contributed by atoms with van der Waals surface area (Å²) in [5.41, 5.74) is 1.61. The summed E-state index contributed by atoms with van der Waals surface area (Å²) in [5, 5.41) is 3.60. The molecule has 1 heterocycles. The molecule has 0 saturated heterocycles. The van der Waals surface area contributed by atoms with Gasteiger partial charge in [-0.3, -0.25) is 14.2 Å².